The molecule has 10 heteroatoms. The predicted octanol–water partition coefficient (Wildman–Crippen LogP) is -1.46. The first-order valence-corrected chi connectivity index (χ1v) is 8.25. The molecule has 1 aliphatic heterocycles. The third kappa shape index (κ3) is 5.48. The number of hydrogen-bond acceptors (Lipinski definition) is 5. The first-order valence-electron chi connectivity index (χ1n) is 6.35. The molecule has 2 amide bonds. The molecule has 1 aliphatic rings. The number of likely N-dealkylation sites (tertiary alicyclic amines) is 1. The third-order valence-corrected chi connectivity index (χ3v) is 3.89. The number of aliphatic hydroxyl groups excluding tert-OH is 1. The normalized spacial score (nSPS) is 23.1. The van der Waals surface area contributed by atoms with Crippen LogP contribution in [0.2, 0.25) is 0 Å². The first-order chi connectivity index (χ1) is 9.41. The largest absolute Gasteiger partial charge is 0.480 e. The van der Waals surface area contributed by atoms with Crippen LogP contribution in [0.25, 0.3) is 0 Å². The summed E-state index contributed by atoms with van der Waals surface area (Å²) < 4.78 is 24.7. The molecule has 2 unspecified atom stereocenters. The number of amides is 2. The van der Waals surface area contributed by atoms with E-state index in [1.54, 1.807) is 13.8 Å². The van der Waals surface area contributed by atoms with Gasteiger partial charge in [0, 0.05) is 25.0 Å². The molecular weight excluding hydrogens is 302 g/mol. The van der Waals surface area contributed by atoms with Gasteiger partial charge in [0.05, 0.1) is 12.4 Å². The molecule has 1 heterocycles. The Hall–Kier alpha value is -1.39. The highest BCUT2D eigenvalue weighted by molar-refractivity contribution is 7.88. The summed E-state index contributed by atoms with van der Waals surface area (Å²) in [7, 11) is -3.43. The molecule has 1 rings (SSSR count). The Kier molecular flexibility index (Phi) is 5.18. The number of hydrogen-bond donors (Lipinski definition) is 4. The number of sulfonamides is 1. The highest BCUT2D eigenvalue weighted by atomic mass is 32.2. The van der Waals surface area contributed by atoms with Gasteiger partial charge in [0.25, 0.3) is 0 Å². The minimum Gasteiger partial charge on any atom is -0.480 e. The summed E-state index contributed by atoms with van der Waals surface area (Å²) in [6, 6.07) is -1.73. The molecule has 4 N–H and O–H groups in total. The number of rotatable bonds is 5. The second kappa shape index (κ2) is 6.16. The molecule has 0 aromatic rings. The molecular formula is C11H21N3O6S. The summed E-state index contributed by atoms with van der Waals surface area (Å²) in [4.78, 5) is 24.0. The van der Waals surface area contributed by atoms with Crippen LogP contribution in [0.15, 0.2) is 0 Å². The SMILES string of the molecule is CC(C)(CNC(=O)N1CC(O)CC1C(=O)O)NS(C)(=O)=O. The van der Waals surface area contributed by atoms with Crippen LogP contribution in [-0.4, -0.2) is 72.6 Å². The van der Waals surface area contributed by atoms with Crippen molar-refractivity contribution < 1.29 is 28.2 Å². The van der Waals surface area contributed by atoms with Crippen molar-refractivity contribution in [2.75, 3.05) is 19.3 Å². The number of carbonyl (C=O) groups excluding carboxylic acids is 1. The first kappa shape index (κ1) is 17.7. The summed E-state index contributed by atoms with van der Waals surface area (Å²) in [5.74, 6) is -1.18. The van der Waals surface area contributed by atoms with Crippen LogP contribution in [0.4, 0.5) is 4.79 Å². The number of β-amino-alcohol motifs (C(OH)–C–C–N with tert-alkyl or cyclic N) is 1. The van der Waals surface area contributed by atoms with E-state index in [9.17, 15) is 23.1 Å². The molecule has 122 valence electrons. The number of nitrogens with zero attached hydrogens (tertiary/aromatic N) is 1. The molecule has 0 saturated carbocycles. The van der Waals surface area contributed by atoms with E-state index in [1.807, 2.05) is 0 Å². The van der Waals surface area contributed by atoms with Gasteiger partial charge in [-0.1, -0.05) is 0 Å². The minimum absolute atomic E-state index is 0.0160. The number of aliphatic hydroxyl groups is 1. The van der Waals surface area contributed by atoms with Gasteiger partial charge in [-0.15, -0.1) is 0 Å². The predicted molar refractivity (Wildman–Crippen MR) is 74.2 cm³/mol. The number of urea groups is 1. The van der Waals surface area contributed by atoms with Crippen LogP contribution in [-0.2, 0) is 14.8 Å². The third-order valence-electron chi connectivity index (χ3n) is 2.97. The monoisotopic (exact) mass is 323 g/mol. The van der Waals surface area contributed by atoms with E-state index in [-0.39, 0.29) is 19.5 Å². The van der Waals surface area contributed by atoms with Gasteiger partial charge in [0.2, 0.25) is 10.0 Å². The summed E-state index contributed by atoms with van der Waals surface area (Å²) in [6.07, 6.45) is 0.112. The maximum atomic E-state index is 12.0. The molecule has 0 aliphatic carbocycles. The average Bonchev–Trinajstić information content (AvgIpc) is 2.65. The molecule has 0 aromatic heterocycles. The van der Waals surface area contributed by atoms with Crippen LogP contribution >= 0.6 is 0 Å². The van der Waals surface area contributed by atoms with Crippen LogP contribution in [0.5, 0.6) is 0 Å². The second-order valence-corrected chi connectivity index (χ2v) is 7.56. The van der Waals surface area contributed by atoms with Crippen LogP contribution < -0.4 is 10.0 Å². The Morgan fingerprint density at radius 3 is 2.43 bits per heavy atom. The number of carbonyl (C=O) groups is 2. The molecule has 21 heavy (non-hydrogen) atoms. The standard InChI is InChI=1S/C11H21N3O6S/c1-11(2,13-21(3,19)20)6-12-10(18)14-5-7(15)4-8(14)9(16)17/h7-8,13,15H,4-6H2,1-3H3,(H,12,18)(H,16,17). The quantitative estimate of drug-likeness (QED) is 0.488. The molecule has 1 fully saturated rings. The fourth-order valence-corrected chi connectivity index (χ4v) is 3.28. The van der Waals surface area contributed by atoms with E-state index in [2.05, 4.69) is 10.0 Å². The lowest BCUT2D eigenvalue weighted by Crippen LogP contribution is -2.54. The van der Waals surface area contributed by atoms with Crippen LogP contribution in [0.3, 0.4) is 0 Å². The highest BCUT2D eigenvalue weighted by Gasteiger charge is 2.39. The maximum absolute atomic E-state index is 12.0. The van der Waals surface area contributed by atoms with E-state index in [4.69, 9.17) is 5.11 Å². The van der Waals surface area contributed by atoms with E-state index in [1.165, 1.54) is 0 Å². The van der Waals surface area contributed by atoms with Crippen molar-refractivity contribution in [2.24, 2.45) is 0 Å². The van der Waals surface area contributed by atoms with Gasteiger partial charge >= 0.3 is 12.0 Å². The molecule has 0 aromatic carbocycles. The minimum atomic E-state index is -3.43. The Labute approximate surface area is 123 Å². The number of carboxylic acids is 1. The topological polar surface area (TPSA) is 136 Å². The summed E-state index contributed by atoms with van der Waals surface area (Å²) in [6.45, 7) is 3.09. The van der Waals surface area contributed by atoms with Crippen molar-refractivity contribution in [1.82, 2.24) is 14.9 Å². The molecule has 1 saturated heterocycles. The van der Waals surface area contributed by atoms with E-state index >= 15 is 0 Å². The second-order valence-electron chi connectivity index (χ2n) is 5.81. The smallest absolute Gasteiger partial charge is 0.326 e. The lowest BCUT2D eigenvalue weighted by Gasteiger charge is -2.28. The van der Waals surface area contributed by atoms with Gasteiger partial charge in [0.15, 0.2) is 0 Å². The fraction of sp³-hybridized carbons (Fsp3) is 0.818. The summed E-state index contributed by atoms with van der Waals surface area (Å²) in [5, 5.41) is 21.0. The molecule has 0 radical (unpaired) electrons. The van der Waals surface area contributed by atoms with Gasteiger partial charge < -0.3 is 20.4 Å². The van der Waals surface area contributed by atoms with Gasteiger partial charge in [0.1, 0.15) is 6.04 Å². The summed E-state index contributed by atoms with van der Waals surface area (Å²) >= 11 is 0. The lowest BCUT2D eigenvalue weighted by molar-refractivity contribution is -0.141. The zero-order chi connectivity index (χ0) is 16.4. The van der Waals surface area contributed by atoms with Crippen molar-refractivity contribution in [3.63, 3.8) is 0 Å². The molecule has 9 nitrogen and oxygen atoms in total. The van der Waals surface area contributed by atoms with Crippen molar-refractivity contribution in [3.05, 3.63) is 0 Å². The van der Waals surface area contributed by atoms with E-state index in [0.717, 1.165) is 11.2 Å². The summed E-state index contributed by atoms with van der Waals surface area (Å²) in [5.41, 5.74) is -0.916. The van der Waals surface area contributed by atoms with Gasteiger partial charge in [-0.05, 0) is 13.8 Å². The van der Waals surface area contributed by atoms with Crippen molar-refractivity contribution >= 4 is 22.0 Å². The molecule has 0 bridgehead atoms. The number of nitrogens with one attached hydrogen (secondary N) is 2. The van der Waals surface area contributed by atoms with Crippen LogP contribution in [0.1, 0.15) is 20.3 Å². The molecule has 0 spiro atoms. The zero-order valence-corrected chi connectivity index (χ0v) is 13.0. The van der Waals surface area contributed by atoms with Crippen LogP contribution in [0, 0.1) is 0 Å². The Morgan fingerprint density at radius 2 is 1.95 bits per heavy atom. The Morgan fingerprint density at radius 1 is 1.38 bits per heavy atom. The van der Waals surface area contributed by atoms with Gasteiger partial charge in [-0.2, -0.15) is 0 Å². The lowest BCUT2D eigenvalue weighted by atomic mass is 10.1. The van der Waals surface area contributed by atoms with Crippen molar-refractivity contribution in [3.8, 4) is 0 Å². The average molecular weight is 323 g/mol. The van der Waals surface area contributed by atoms with E-state index in [0.29, 0.717) is 0 Å². The Bertz CT molecular complexity index is 518. The molecule has 2 atom stereocenters. The Balaban J connectivity index is 2.63. The highest BCUT2D eigenvalue weighted by Crippen LogP contribution is 2.18. The van der Waals surface area contributed by atoms with Gasteiger partial charge in [-0.25, -0.2) is 22.7 Å². The fourth-order valence-electron chi connectivity index (χ4n) is 2.21. The van der Waals surface area contributed by atoms with Crippen molar-refractivity contribution in [2.45, 2.75) is 38.0 Å². The maximum Gasteiger partial charge on any atom is 0.326 e. The zero-order valence-electron chi connectivity index (χ0n) is 12.2. The number of aliphatic carboxylic acids is 1. The van der Waals surface area contributed by atoms with Crippen molar-refractivity contribution in [1.29, 1.82) is 0 Å². The number of carboxylic acid groups (broad SMARTS) is 1. The van der Waals surface area contributed by atoms with Gasteiger partial charge in [-0.3, -0.25) is 0 Å². The van der Waals surface area contributed by atoms with E-state index < -0.39 is 39.7 Å².